The van der Waals surface area contributed by atoms with Crippen molar-refractivity contribution >= 4 is 11.7 Å². The van der Waals surface area contributed by atoms with Gasteiger partial charge in [0.25, 0.3) is 5.91 Å². The van der Waals surface area contributed by atoms with E-state index < -0.39 is 0 Å². The summed E-state index contributed by atoms with van der Waals surface area (Å²) in [5, 5.41) is 9.09. The van der Waals surface area contributed by atoms with Crippen LogP contribution in [0.5, 0.6) is 0 Å². The number of rotatable bonds is 8. The van der Waals surface area contributed by atoms with Crippen LogP contribution in [0.2, 0.25) is 0 Å². The number of nitrogen functional groups attached to an aromatic ring is 1. The number of carbonyl (C=O) groups is 1. The molecule has 1 rings (SSSR count). The summed E-state index contributed by atoms with van der Waals surface area (Å²) in [7, 11) is 0. The molecular formula is C12H23N5O. The predicted molar refractivity (Wildman–Crippen MR) is 72.4 cm³/mol. The Labute approximate surface area is 108 Å². The quantitative estimate of drug-likeness (QED) is 0.599. The molecule has 4 N–H and O–H groups in total. The van der Waals surface area contributed by atoms with Crippen LogP contribution in [0, 0.1) is 0 Å². The van der Waals surface area contributed by atoms with Crippen molar-refractivity contribution in [3.63, 3.8) is 0 Å². The van der Waals surface area contributed by atoms with Crippen molar-refractivity contribution < 1.29 is 4.79 Å². The number of nitrogens with two attached hydrogens (primary N) is 1. The largest absolute Gasteiger partial charge is 0.383 e. The molecule has 6 nitrogen and oxygen atoms in total. The average Bonchev–Trinajstić information content (AvgIpc) is 2.80. The molecule has 0 aliphatic rings. The van der Waals surface area contributed by atoms with Crippen molar-refractivity contribution in [2.75, 3.05) is 31.9 Å². The molecule has 0 aromatic carbocycles. The van der Waals surface area contributed by atoms with Crippen LogP contribution in [0.25, 0.3) is 0 Å². The van der Waals surface area contributed by atoms with Crippen LogP contribution in [0.3, 0.4) is 0 Å². The Bertz CT molecular complexity index is 359. The first kappa shape index (κ1) is 14.5. The molecule has 0 aliphatic heterocycles. The van der Waals surface area contributed by atoms with Gasteiger partial charge in [0.15, 0.2) is 0 Å². The lowest BCUT2D eigenvalue weighted by Crippen LogP contribution is -2.27. The van der Waals surface area contributed by atoms with E-state index in [0.717, 1.165) is 32.5 Å². The minimum Gasteiger partial charge on any atom is -0.383 e. The monoisotopic (exact) mass is 253 g/mol. The second-order valence-electron chi connectivity index (χ2n) is 4.19. The Kier molecular flexibility index (Phi) is 6.21. The Balaban J connectivity index is 2.15. The van der Waals surface area contributed by atoms with Crippen LogP contribution in [0.1, 0.15) is 37.0 Å². The van der Waals surface area contributed by atoms with Gasteiger partial charge in [-0.1, -0.05) is 13.8 Å². The maximum Gasteiger partial charge on any atom is 0.256 e. The van der Waals surface area contributed by atoms with Crippen molar-refractivity contribution in [3.8, 4) is 0 Å². The molecule has 0 fully saturated rings. The third-order valence-electron chi connectivity index (χ3n) is 2.99. The topological polar surface area (TPSA) is 87.0 Å². The highest BCUT2D eigenvalue weighted by molar-refractivity contribution is 5.97. The molecule has 6 heteroatoms. The van der Waals surface area contributed by atoms with Gasteiger partial charge < -0.3 is 16.0 Å². The van der Waals surface area contributed by atoms with Gasteiger partial charge in [-0.3, -0.25) is 9.89 Å². The lowest BCUT2D eigenvalue weighted by Gasteiger charge is -2.17. The van der Waals surface area contributed by atoms with E-state index >= 15 is 0 Å². The maximum atomic E-state index is 11.7. The number of anilines is 1. The van der Waals surface area contributed by atoms with Crippen LogP contribution in [0.4, 0.5) is 5.82 Å². The zero-order valence-corrected chi connectivity index (χ0v) is 11.2. The number of nitrogens with one attached hydrogen (secondary N) is 2. The first-order valence-electron chi connectivity index (χ1n) is 6.48. The first-order valence-corrected chi connectivity index (χ1v) is 6.48. The van der Waals surface area contributed by atoms with Crippen molar-refractivity contribution in [2.45, 2.75) is 26.7 Å². The molecule has 18 heavy (non-hydrogen) atoms. The minimum atomic E-state index is -0.163. The Hall–Kier alpha value is -1.56. The predicted octanol–water partition coefficient (Wildman–Crippen LogP) is 0.844. The Morgan fingerprint density at radius 1 is 1.44 bits per heavy atom. The molecule has 0 atom stereocenters. The van der Waals surface area contributed by atoms with Gasteiger partial charge in [0.05, 0.1) is 6.20 Å². The molecule has 102 valence electrons. The lowest BCUT2D eigenvalue weighted by molar-refractivity contribution is 0.0953. The van der Waals surface area contributed by atoms with Crippen molar-refractivity contribution in [3.05, 3.63) is 11.8 Å². The smallest absolute Gasteiger partial charge is 0.256 e. The van der Waals surface area contributed by atoms with Gasteiger partial charge in [-0.05, 0) is 32.5 Å². The molecule has 1 aromatic heterocycles. The number of amides is 1. The number of nitrogens with zero attached hydrogens (tertiary/aromatic N) is 2. The van der Waals surface area contributed by atoms with Crippen LogP contribution in [0.15, 0.2) is 6.20 Å². The number of aromatic nitrogens is 2. The fraction of sp³-hybridized carbons (Fsp3) is 0.667. The molecule has 1 heterocycles. The third-order valence-corrected chi connectivity index (χ3v) is 2.99. The van der Waals surface area contributed by atoms with Gasteiger partial charge in [-0.25, -0.2) is 0 Å². The summed E-state index contributed by atoms with van der Waals surface area (Å²) >= 11 is 0. The fourth-order valence-electron chi connectivity index (χ4n) is 1.77. The second-order valence-corrected chi connectivity index (χ2v) is 4.19. The van der Waals surface area contributed by atoms with Crippen molar-refractivity contribution in [1.29, 1.82) is 0 Å². The Morgan fingerprint density at radius 2 is 2.17 bits per heavy atom. The Morgan fingerprint density at radius 3 is 2.72 bits per heavy atom. The summed E-state index contributed by atoms with van der Waals surface area (Å²) in [4.78, 5) is 14.0. The van der Waals surface area contributed by atoms with Crippen LogP contribution in [-0.4, -0.2) is 47.2 Å². The number of unbranched alkanes of at least 4 members (excludes halogenated alkanes) is 1. The van der Waals surface area contributed by atoms with Gasteiger partial charge in [0, 0.05) is 6.54 Å². The zero-order chi connectivity index (χ0) is 13.4. The lowest BCUT2D eigenvalue weighted by atomic mass is 10.2. The minimum absolute atomic E-state index is 0.163. The highest BCUT2D eigenvalue weighted by Crippen LogP contribution is 2.05. The maximum absolute atomic E-state index is 11.7. The summed E-state index contributed by atoms with van der Waals surface area (Å²) in [5.74, 6) is 0.153. The molecule has 0 unspecified atom stereocenters. The SMILES string of the molecule is CCN(CC)CCCCNC(=O)c1cn[nH]c1N. The van der Waals surface area contributed by atoms with Crippen LogP contribution in [-0.2, 0) is 0 Å². The van der Waals surface area contributed by atoms with Crippen molar-refractivity contribution in [1.82, 2.24) is 20.4 Å². The van der Waals surface area contributed by atoms with Gasteiger partial charge in [0.1, 0.15) is 11.4 Å². The molecular weight excluding hydrogens is 230 g/mol. The van der Waals surface area contributed by atoms with E-state index in [1.807, 2.05) is 0 Å². The number of H-pyrrole nitrogens is 1. The average molecular weight is 253 g/mol. The fourth-order valence-corrected chi connectivity index (χ4v) is 1.77. The second kappa shape index (κ2) is 7.71. The number of aromatic amines is 1. The van der Waals surface area contributed by atoms with E-state index in [1.54, 1.807) is 0 Å². The number of hydrogen-bond acceptors (Lipinski definition) is 4. The van der Waals surface area contributed by atoms with Gasteiger partial charge >= 0.3 is 0 Å². The highest BCUT2D eigenvalue weighted by Gasteiger charge is 2.10. The zero-order valence-electron chi connectivity index (χ0n) is 11.2. The summed E-state index contributed by atoms with van der Waals surface area (Å²) in [6, 6.07) is 0. The van der Waals surface area contributed by atoms with Crippen LogP contribution < -0.4 is 11.1 Å². The molecule has 1 amide bonds. The summed E-state index contributed by atoms with van der Waals surface area (Å²) in [6.45, 7) is 8.23. The first-order chi connectivity index (χ1) is 8.69. The summed E-state index contributed by atoms with van der Waals surface area (Å²) < 4.78 is 0. The highest BCUT2D eigenvalue weighted by atomic mass is 16.1. The van der Waals surface area contributed by atoms with E-state index in [4.69, 9.17) is 5.73 Å². The van der Waals surface area contributed by atoms with E-state index in [-0.39, 0.29) is 5.91 Å². The molecule has 0 aliphatic carbocycles. The van der Waals surface area contributed by atoms with Gasteiger partial charge in [-0.2, -0.15) is 5.10 Å². The van der Waals surface area contributed by atoms with E-state index in [1.165, 1.54) is 6.20 Å². The van der Waals surface area contributed by atoms with E-state index in [2.05, 4.69) is 34.3 Å². The molecule has 0 saturated heterocycles. The number of carbonyl (C=O) groups excluding carboxylic acids is 1. The third kappa shape index (κ3) is 4.37. The van der Waals surface area contributed by atoms with Crippen molar-refractivity contribution in [2.24, 2.45) is 0 Å². The summed E-state index contributed by atoms with van der Waals surface area (Å²) in [6.07, 6.45) is 3.50. The van der Waals surface area contributed by atoms with Crippen LogP contribution >= 0.6 is 0 Å². The summed E-state index contributed by atoms with van der Waals surface area (Å²) in [5.41, 5.74) is 5.98. The van der Waals surface area contributed by atoms with E-state index in [0.29, 0.717) is 17.9 Å². The normalized spacial score (nSPS) is 10.8. The van der Waals surface area contributed by atoms with Gasteiger partial charge in [0.2, 0.25) is 0 Å². The standard InChI is InChI=1S/C12H23N5O/c1-3-17(4-2)8-6-5-7-14-12(18)10-9-15-16-11(10)13/h9H,3-8H2,1-2H3,(H,14,18)(H3,13,15,16). The molecule has 0 saturated carbocycles. The molecule has 0 radical (unpaired) electrons. The molecule has 0 bridgehead atoms. The molecule has 0 spiro atoms. The number of hydrogen-bond donors (Lipinski definition) is 3. The molecule has 1 aromatic rings. The van der Waals surface area contributed by atoms with Gasteiger partial charge in [-0.15, -0.1) is 0 Å². The van der Waals surface area contributed by atoms with E-state index in [9.17, 15) is 4.79 Å².